The third kappa shape index (κ3) is 1.35. The van der Waals surface area contributed by atoms with E-state index in [2.05, 4.69) is 15.5 Å². The number of hydrogen-bond acceptors (Lipinski definition) is 4. The molecule has 0 bridgehead atoms. The van der Waals surface area contributed by atoms with E-state index < -0.39 is 0 Å². The van der Waals surface area contributed by atoms with Crippen LogP contribution in [-0.4, -0.2) is 22.4 Å². The second kappa shape index (κ2) is 3.05. The quantitative estimate of drug-likeness (QED) is 0.465. The van der Waals surface area contributed by atoms with Crippen molar-refractivity contribution in [3.63, 3.8) is 0 Å². The molecule has 0 saturated carbocycles. The minimum atomic E-state index is 0.709. The summed E-state index contributed by atoms with van der Waals surface area (Å²) < 4.78 is 0. The molecule has 1 aliphatic heterocycles. The van der Waals surface area contributed by atoms with Gasteiger partial charge in [0.25, 0.3) is 0 Å². The van der Waals surface area contributed by atoms with Crippen LogP contribution in [0.3, 0.4) is 0 Å². The molecule has 0 amide bonds. The van der Waals surface area contributed by atoms with Crippen LogP contribution in [0.2, 0.25) is 0 Å². The smallest absolute Gasteiger partial charge is 0.135 e. The van der Waals surface area contributed by atoms with Crippen LogP contribution in [0.25, 0.3) is 0 Å². The summed E-state index contributed by atoms with van der Waals surface area (Å²) in [6.07, 6.45) is 0.744. The molecule has 0 atom stereocenters. The molecule has 0 saturated heterocycles. The molecule has 4 heteroatoms. The lowest BCUT2D eigenvalue weighted by atomic mass is 10.0. The van der Waals surface area contributed by atoms with Crippen molar-refractivity contribution in [1.29, 1.82) is 0 Å². The summed E-state index contributed by atoms with van der Waals surface area (Å²) in [6, 6.07) is 3.84. The highest BCUT2D eigenvalue weighted by atomic mass is 16.4. The number of nitrogens with zero attached hydrogens (tertiary/aromatic N) is 2. The van der Waals surface area contributed by atoms with Crippen molar-refractivity contribution in [2.75, 3.05) is 11.9 Å². The van der Waals surface area contributed by atoms with Gasteiger partial charge < -0.3 is 10.5 Å². The number of hydrogen-bond donors (Lipinski definition) is 2. The molecule has 2 heterocycles. The predicted molar refractivity (Wildman–Crippen MR) is 50.4 cm³/mol. The molecule has 0 unspecified atom stereocenters. The maximum Gasteiger partial charge on any atom is 0.135 e. The lowest BCUT2D eigenvalue weighted by Crippen LogP contribution is -2.20. The third-order valence-corrected chi connectivity index (χ3v) is 2.12. The molecule has 0 spiro atoms. The zero-order valence-corrected chi connectivity index (χ0v) is 7.41. The molecule has 0 aliphatic carbocycles. The monoisotopic (exact) mass is 177 g/mol. The summed E-state index contributed by atoms with van der Waals surface area (Å²) in [5, 5.41) is 15.2. The van der Waals surface area contributed by atoms with Crippen LogP contribution >= 0.6 is 0 Å². The molecular weight excluding hydrogens is 166 g/mol. The molecule has 4 nitrogen and oxygen atoms in total. The summed E-state index contributed by atoms with van der Waals surface area (Å²) in [6.45, 7) is 2.72. The Morgan fingerprint density at radius 1 is 1.54 bits per heavy atom. The molecule has 2 rings (SSSR count). The van der Waals surface area contributed by atoms with Crippen LogP contribution in [0, 0.1) is 6.92 Å². The summed E-state index contributed by atoms with van der Waals surface area (Å²) >= 11 is 0. The Bertz CT molecular complexity index is 360. The van der Waals surface area contributed by atoms with Crippen molar-refractivity contribution in [3.8, 4) is 0 Å². The van der Waals surface area contributed by atoms with E-state index in [0.717, 1.165) is 30.0 Å². The van der Waals surface area contributed by atoms with Gasteiger partial charge in [0.1, 0.15) is 5.82 Å². The second-order valence-corrected chi connectivity index (χ2v) is 3.07. The van der Waals surface area contributed by atoms with Gasteiger partial charge in [-0.2, -0.15) is 0 Å². The van der Waals surface area contributed by atoms with E-state index in [0.29, 0.717) is 5.71 Å². The van der Waals surface area contributed by atoms with Crippen LogP contribution in [0.15, 0.2) is 17.3 Å². The van der Waals surface area contributed by atoms with Crippen LogP contribution in [0.1, 0.15) is 17.7 Å². The van der Waals surface area contributed by atoms with E-state index in [9.17, 15) is 0 Å². The zero-order valence-electron chi connectivity index (χ0n) is 7.41. The first-order valence-electron chi connectivity index (χ1n) is 4.24. The highest BCUT2D eigenvalue weighted by molar-refractivity contribution is 6.05. The first kappa shape index (κ1) is 8.04. The Balaban J connectivity index is 2.52. The number of pyridine rings is 1. The topological polar surface area (TPSA) is 57.5 Å². The first-order chi connectivity index (χ1) is 6.31. The van der Waals surface area contributed by atoms with Crippen molar-refractivity contribution in [3.05, 3.63) is 23.4 Å². The van der Waals surface area contributed by atoms with Gasteiger partial charge in [0, 0.05) is 24.2 Å². The number of aryl methyl sites for hydroxylation is 1. The Morgan fingerprint density at radius 2 is 2.38 bits per heavy atom. The molecule has 2 N–H and O–H groups in total. The second-order valence-electron chi connectivity index (χ2n) is 3.07. The van der Waals surface area contributed by atoms with E-state index in [1.807, 2.05) is 19.1 Å². The molecule has 68 valence electrons. The highest BCUT2D eigenvalue weighted by Crippen LogP contribution is 2.19. The molecule has 0 aromatic carbocycles. The average molecular weight is 177 g/mol. The van der Waals surface area contributed by atoms with E-state index >= 15 is 0 Å². The fraction of sp³-hybridized carbons (Fsp3) is 0.333. The molecule has 1 aromatic heterocycles. The Morgan fingerprint density at radius 3 is 3.15 bits per heavy atom. The van der Waals surface area contributed by atoms with E-state index in [1.54, 1.807) is 0 Å². The summed E-state index contributed by atoms with van der Waals surface area (Å²) in [4.78, 5) is 4.31. The van der Waals surface area contributed by atoms with Crippen LogP contribution in [0.4, 0.5) is 5.82 Å². The van der Waals surface area contributed by atoms with E-state index in [1.165, 1.54) is 0 Å². The van der Waals surface area contributed by atoms with Crippen molar-refractivity contribution in [1.82, 2.24) is 4.98 Å². The summed E-state index contributed by atoms with van der Waals surface area (Å²) in [5.41, 5.74) is 2.58. The van der Waals surface area contributed by atoms with Gasteiger partial charge in [0.2, 0.25) is 0 Å². The Kier molecular flexibility index (Phi) is 1.88. The standard InChI is InChI=1S/C9H11N3O/c1-6-2-3-7-8(12-13)4-5-10-9(7)11-6/h2-3,13H,4-5H2,1H3,(H,10,11)/b12-8+. The number of fused-ring (bicyclic) bond motifs is 1. The van der Waals surface area contributed by atoms with Crippen LogP contribution in [0.5, 0.6) is 0 Å². The molecule has 1 aliphatic rings. The average Bonchev–Trinajstić information content (AvgIpc) is 2.16. The normalized spacial score (nSPS) is 18.1. The minimum Gasteiger partial charge on any atom is -0.411 e. The molecule has 13 heavy (non-hydrogen) atoms. The van der Waals surface area contributed by atoms with Crippen LogP contribution in [-0.2, 0) is 0 Å². The molecular formula is C9H11N3O. The lowest BCUT2D eigenvalue weighted by Gasteiger charge is -2.17. The first-order valence-corrected chi connectivity index (χ1v) is 4.24. The number of oxime groups is 1. The van der Waals surface area contributed by atoms with Gasteiger partial charge in [-0.15, -0.1) is 0 Å². The maximum absolute atomic E-state index is 8.74. The van der Waals surface area contributed by atoms with Crippen molar-refractivity contribution in [2.24, 2.45) is 5.16 Å². The van der Waals surface area contributed by atoms with Gasteiger partial charge >= 0.3 is 0 Å². The van der Waals surface area contributed by atoms with Crippen molar-refractivity contribution in [2.45, 2.75) is 13.3 Å². The lowest BCUT2D eigenvalue weighted by molar-refractivity contribution is 0.318. The Labute approximate surface area is 76.3 Å². The van der Waals surface area contributed by atoms with Gasteiger partial charge in [0.15, 0.2) is 0 Å². The molecule has 0 fully saturated rings. The fourth-order valence-corrected chi connectivity index (χ4v) is 1.46. The minimum absolute atomic E-state index is 0.709. The predicted octanol–water partition coefficient (Wildman–Crippen LogP) is 1.38. The van der Waals surface area contributed by atoms with E-state index in [-0.39, 0.29) is 0 Å². The van der Waals surface area contributed by atoms with Crippen molar-refractivity contribution < 1.29 is 5.21 Å². The molecule has 1 aromatic rings. The highest BCUT2D eigenvalue weighted by Gasteiger charge is 2.16. The summed E-state index contributed by atoms with van der Waals surface area (Å²) in [5.74, 6) is 0.819. The largest absolute Gasteiger partial charge is 0.411 e. The van der Waals surface area contributed by atoms with E-state index in [4.69, 9.17) is 5.21 Å². The SMILES string of the molecule is Cc1ccc2c(n1)NCC/C2=N\O. The van der Waals surface area contributed by atoms with Gasteiger partial charge in [-0.3, -0.25) is 0 Å². The Hall–Kier alpha value is -1.58. The van der Waals surface area contributed by atoms with Gasteiger partial charge in [-0.05, 0) is 19.1 Å². The van der Waals surface area contributed by atoms with Gasteiger partial charge in [-0.1, -0.05) is 5.16 Å². The number of aromatic nitrogens is 1. The summed E-state index contributed by atoms with van der Waals surface area (Å²) in [7, 11) is 0. The maximum atomic E-state index is 8.74. The zero-order chi connectivity index (χ0) is 9.26. The molecule has 0 radical (unpaired) electrons. The third-order valence-electron chi connectivity index (χ3n) is 2.12. The van der Waals surface area contributed by atoms with Gasteiger partial charge in [0.05, 0.1) is 5.71 Å². The fourth-order valence-electron chi connectivity index (χ4n) is 1.46. The number of nitrogens with one attached hydrogen (secondary N) is 1. The number of anilines is 1. The van der Waals surface area contributed by atoms with Gasteiger partial charge in [-0.25, -0.2) is 4.98 Å². The number of rotatable bonds is 0. The van der Waals surface area contributed by atoms with Crippen LogP contribution < -0.4 is 5.32 Å². The van der Waals surface area contributed by atoms with Crippen molar-refractivity contribution >= 4 is 11.5 Å².